The fourth-order valence-corrected chi connectivity index (χ4v) is 8.01. The van der Waals surface area contributed by atoms with Gasteiger partial charge in [-0.25, -0.2) is 4.79 Å². The number of aliphatic hydroxyl groups excluding tert-OH is 1. The molecule has 11 nitrogen and oxygen atoms in total. The highest BCUT2D eigenvalue weighted by Gasteiger charge is 2.59. The van der Waals surface area contributed by atoms with Gasteiger partial charge in [0.25, 0.3) is 0 Å². The lowest BCUT2D eigenvalue weighted by Crippen LogP contribution is -2.31. The Labute approximate surface area is 275 Å². The van der Waals surface area contributed by atoms with Gasteiger partial charge < -0.3 is 25.8 Å². The van der Waals surface area contributed by atoms with E-state index in [1.54, 1.807) is 24.5 Å². The van der Waals surface area contributed by atoms with E-state index >= 15 is 0 Å². The van der Waals surface area contributed by atoms with Gasteiger partial charge in [-0.05, 0) is 96.1 Å². The zero-order valence-corrected chi connectivity index (χ0v) is 27.1. The number of amides is 2. The number of carbonyl (C=O) groups excluding carboxylic acids is 3. The number of β-amino-alcohol motifs (C(OH)–C–C–N with tert-alkyl or cyclic N) is 1. The maximum Gasteiger partial charge on any atom is 0.338 e. The van der Waals surface area contributed by atoms with Gasteiger partial charge >= 0.3 is 5.97 Å². The van der Waals surface area contributed by atoms with E-state index in [4.69, 9.17) is 4.74 Å². The van der Waals surface area contributed by atoms with Gasteiger partial charge in [0.1, 0.15) is 16.6 Å². The van der Waals surface area contributed by atoms with Gasteiger partial charge in [-0.1, -0.05) is 6.07 Å². The van der Waals surface area contributed by atoms with Crippen LogP contribution in [0.2, 0.25) is 0 Å². The second-order valence-electron chi connectivity index (χ2n) is 11.7. The number of piperidine rings is 2. The number of esters is 1. The molecule has 4 fully saturated rings. The number of hydrogen-bond donors (Lipinski definition) is 4. The number of carbonyl (C=O) groups is 3. The molecular formula is C29H34Cl2N6O5S2. The SMILES string of the molecule is Cc1c([C@@H](O)CN2CC3C(C2)C3C(=O)Nc2ccns2)ccc2c1COC2=O.Cl.Cl.O=C(Nc1ccns1)C1C2CNCC21. The minimum Gasteiger partial charge on any atom is -0.457 e. The second-order valence-corrected chi connectivity index (χ2v) is 13.4. The molecule has 5 aliphatic rings. The van der Waals surface area contributed by atoms with Crippen LogP contribution < -0.4 is 16.0 Å². The van der Waals surface area contributed by atoms with Crippen LogP contribution in [0, 0.1) is 42.4 Å². The summed E-state index contributed by atoms with van der Waals surface area (Å²) in [6.45, 7) is 6.41. The quantitative estimate of drug-likeness (QED) is 0.276. The van der Waals surface area contributed by atoms with Crippen molar-refractivity contribution in [1.29, 1.82) is 0 Å². The lowest BCUT2D eigenvalue weighted by atomic mass is 9.95. The van der Waals surface area contributed by atoms with E-state index in [0.717, 1.165) is 52.9 Å². The number of likely N-dealkylation sites (tertiary alicyclic amines) is 1. The number of cyclic esters (lactones) is 1. The fourth-order valence-electron chi connectivity index (χ4n) is 7.00. The Balaban J connectivity index is 0.000000203. The molecule has 4 N–H and O–H groups in total. The van der Waals surface area contributed by atoms with Crippen LogP contribution in [0.3, 0.4) is 0 Å². The molecule has 2 amide bonds. The van der Waals surface area contributed by atoms with Crippen LogP contribution in [0.4, 0.5) is 10.0 Å². The second kappa shape index (κ2) is 13.4. The number of aromatic nitrogens is 2. The summed E-state index contributed by atoms with van der Waals surface area (Å²) in [5.74, 6) is 2.19. The Hall–Kier alpha value is -2.65. The zero-order chi connectivity index (χ0) is 29.0. The number of halogens is 2. The maximum absolute atomic E-state index is 12.4. The van der Waals surface area contributed by atoms with Crippen molar-refractivity contribution in [3.8, 4) is 0 Å². The molecule has 0 radical (unpaired) electrons. The minimum atomic E-state index is -0.622. The number of rotatable bonds is 7. The molecule has 0 spiro atoms. The Morgan fingerprint density at radius 1 is 0.977 bits per heavy atom. The van der Waals surface area contributed by atoms with Crippen molar-refractivity contribution >= 4 is 75.7 Å². The fraction of sp³-hybridized carbons (Fsp3) is 0.483. The first-order valence-corrected chi connectivity index (χ1v) is 15.8. The summed E-state index contributed by atoms with van der Waals surface area (Å²) in [4.78, 5) is 38.0. The van der Waals surface area contributed by atoms with Crippen molar-refractivity contribution in [3.05, 3.63) is 58.9 Å². The molecule has 2 aliphatic carbocycles. The van der Waals surface area contributed by atoms with Crippen LogP contribution in [0.25, 0.3) is 0 Å². The van der Waals surface area contributed by atoms with E-state index in [2.05, 4.69) is 29.6 Å². The summed E-state index contributed by atoms with van der Waals surface area (Å²) in [5, 5.41) is 21.5. The van der Waals surface area contributed by atoms with Gasteiger partial charge in [-0.3, -0.25) is 14.5 Å². The van der Waals surface area contributed by atoms with Crippen molar-refractivity contribution in [2.75, 3.05) is 43.4 Å². The lowest BCUT2D eigenvalue weighted by molar-refractivity contribution is -0.118. The number of nitrogens with zero attached hydrogens (tertiary/aromatic N) is 3. The van der Waals surface area contributed by atoms with E-state index in [9.17, 15) is 19.5 Å². The topological polar surface area (TPSA) is 146 Å². The highest BCUT2D eigenvalue weighted by atomic mass is 35.5. The Kier molecular flexibility index (Phi) is 9.95. The number of anilines is 2. The van der Waals surface area contributed by atoms with Gasteiger partial charge in [0.2, 0.25) is 11.8 Å². The summed E-state index contributed by atoms with van der Waals surface area (Å²) in [6, 6.07) is 7.21. The molecule has 236 valence electrons. The molecule has 5 heterocycles. The molecule has 2 saturated heterocycles. The van der Waals surface area contributed by atoms with Crippen molar-refractivity contribution in [3.63, 3.8) is 0 Å². The Morgan fingerprint density at radius 2 is 1.55 bits per heavy atom. The van der Waals surface area contributed by atoms with Crippen molar-refractivity contribution in [2.45, 2.75) is 19.6 Å². The number of benzene rings is 1. The molecule has 2 saturated carbocycles. The molecule has 0 bridgehead atoms. The summed E-state index contributed by atoms with van der Waals surface area (Å²) in [6.07, 6.45) is 2.76. The molecule has 4 unspecified atom stereocenters. The molecule has 1 aromatic carbocycles. The first kappa shape index (κ1) is 32.7. The van der Waals surface area contributed by atoms with Crippen molar-refractivity contribution < 1.29 is 24.2 Å². The molecule has 3 aromatic rings. The molecule has 15 heteroatoms. The standard InChI is InChI=1S/C20H21N3O4S.C9H11N3OS.2ClH/c1-10-11(2-3-12-15(10)9-27-20(12)26)16(24)8-23-6-13-14(7-23)18(13)19(25)22-17-4-5-21-28-17;13-9(12-7-1-2-11-14-7)8-5-3-10-4-6(5)8;;/h2-5,13-14,16,18,24H,6-9H2,1H3,(H,22,25);1-2,5-6,8,10H,3-4H2,(H,12,13);2*1H/t13?,14?,16-,18?;;;/m0.../s1. The number of nitrogens with one attached hydrogen (secondary N) is 3. The predicted octanol–water partition coefficient (Wildman–Crippen LogP) is 3.36. The van der Waals surface area contributed by atoms with Gasteiger partial charge in [0.05, 0.1) is 11.7 Å². The average molecular weight is 682 g/mol. The van der Waals surface area contributed by atoms with Crippen LogP contribution in [-0.2, 0) is 20.9 Å². The number of aliphatic hydroxyl groups is 1. The van der Waals surface area contributed by atoms with Crippen LogP contribution in [0.5, 0.6) is 0 Å². The Bertz CT molecular complexity index is 1490. The minimum absolute atomic E-state index is 0. The molecule has 8 rings (SSSR count). The highest BCUT2D eigenvalue weighted by molar-refractivity contribution is 7.10. The number of fused-ring (bicyclic) bond motifs is 3. The molecule has 44 heavy (non-hydrogen) atoms. The van der Waals surface area contributed by atoms with Crippen LogP contribution in [0.15, 0.2) is 36.7 Å². The zero-order valence-electron chi connectivity index (χ0n) is 23.8. The summed E-state index contributed by atoms with van der Waals surface area (Å²) < 4.78 is 13.0. The number of ether oxygens (including phenoxy) is 1. The first-order chi connectivity index (χ1) is 20.4. The molecule has 2 aromatic heterocycles. The van der Waals surface area contributed by atoms with Gasteiger partial charge in [-0.2, -0.15) is 8.75 Å². The van der Waals surface area contributed by atoms with Crippen LogP contribution >= 0.6 is 47.9 Å². The van der Waals surface area contributed by atoms with E-state index in [1.165, 1.54) is 23.1 Å². The first-order valence-electron chi connectivity index (χ1n) is 14.2. The van der Waals surface area contributed by atoms with Gasteiger partial charge in [-0.15, -0.1) is 24.8 Å². The Morgan fingerprint density at radius 3 is 2.09 bits per heavy atom. The molecular weight excluding hydrogens is 647 g/mol. The van der Waals surface area contributed by atoms with Gasteiger partial charge in [0, 0.05) is 49.4 Å². The third-order valence-corrected chi connectivity index (χ3v) is 10.7. The third kappa shape index (κ3) is 6.37. The normalized spacial score (nSPS) is 27.6. The van der Waals surface area contributed by atoms with E-state index in [0.29, 0.717) is 35.8 Å². The average Bonchev–Trinajstić information content (AvgIpc) is 3.50. The van der Waals surface area contributed by atoms with Crippen molar-refractivity contribution in [1.82, 2.24) is 19.0 Å². The monoisotopic (exact) mass is 680 g/mol. The lowest BCUT2D eigenvalue weighted by Gasteiger charge is -2.24. The summed E-state index contributed by atoms with van der Waals surface area (Å²) in [5.41, 5.74) is 3.26. The highest BCUT2D eigenvalue weighted by Crippen LogP contribution is 2.52. The maximum atomic E-state index is 12.4. The van der Waals surface area contributed by atoms with E-state index in [-0.39, 0.29) is 61.0 Å². The largest absolute Gasteiger partial charge is 0.457 e. The molecule has 5 atom stereocenters. The van der Waals surface area contributed by atoms with Crippen LogP contribution in [-0.4, -0.2) is 69.3 Å². The third-order valence-electron chi connectivity index (χ3n) is 9.33. The summed E-state index contributed by atoms with van der Waals surface area (Å²) in [7, 11) is 0. The van der Waals surface area contributed by atoms with E-state index < -0.39 is 6.10 Å². The van der Waals surface area contributed by atoms with Crippen molar-refractivity contribution in [2.24, 2.45) is 35.5 Å². The van der Waals surface area contributed by atoms with E-state index in [1.807, 2.05) is 19.1 Å². The summed E-state index contributed by atoms with van der Waals surface area (Å²) >= 11 is 2.61. The predicted molar refractivity (Wildman–Crippen MR) is 171 cm³/mol. The molecule has 3 aliphatic heterocycles. The van der Waals surface area contributed by atoms with Gasteiger partial charge in [0.15, 0.2) is 0 Å². The number of hydrogen-bond acceptors (Lipinski definition) is 11. The smallest absolute Gasteiger partial charge is 0.338 e. The van der Waals surface area contributed by atoms with Crippen LogP contribution in [0.1, 0.15) is 33.2 Å².